The van der Waals surface area contributed by atoms with E-state index in [1.807, 2.05) is 13.1 Å². The summed E-state index contributed by atoms with van der Waals surface area (Å²) < 4.78 is 38.1. The normalized spacial score (nSPS) is 13.2. The molecule has 0 radical (unpaired) electrons. The smallest absolute Gasteiger partial charge is 0.748 e. The van der Waals surface area contributed by atoms with Crippen LogP contribution in [0.25, 0.3) is 0 Å². The average molecular weight is 321 g/mol. The van der Waals surface area contributed by atoms with E-state index >= 15 is 0 Å². The van der Waals surface area contributed by atoms with Gasteiger partial charge in [0.25, 0.3) is 0 Å². The van der Waals surface area contributed by atoms with Crippen molar-refractivity contribution in [2.75, 3.05) is 5.75 Å². The van der Waals surface area contributed by atoms with Crippen LogP contribution in [0, 0.1) is 0 Å². The van der Waals surface area contributed by atoms with Crippen LogP contribution in [0.4, 0.5) is 0 Å². The predicted octanol–water partition coefficient (Wildman–Crippen LogP) is -0.237. The third-order valence-electron chi connectivity index (χ3n) is 2.64. The summed E-state index contributed by atoms with van der Waals surface area (Å²) in [6.45, 7) is 10.5. The molecule has 0 fully saturated rings. The molecule has 0 rings (SSSR count). The third-order valence-corrected chi connectivity index (χ3v) is 11.1. The zero-order valence-corrected chi connectivity index (χ0v) is 17.4. The summed E-state index contributed by atoms with van der Waals surface area (Å²) in [6.07, 6.45) is 2.31. The molecule has 104 valence electrons. The molecule has 0 N–H and O–H groups in total. The summed E-state index contributed by atoms with van der Waals surface area (Å²) >= 11 is 0. The van der Waals surface area contributed by atoms with Gasteiger partial charge in [0.15, 0.2) is 16.6 Å². The van der Waals surface area contributed by atoms with Crippen LogP contribution in [0.2, 0.25) is 38.3 Å². The monoisotopic (exact) mass is 320 g/mol. The van der Waals surface area contributed by atoms with Crippen molar-refractivity contribution in [1.82, 2.24) is 0 Å². The molecule has 0 aromatic carbocycles. The fourth-order valence-electron chi connectivity index (χ4n) is 1.82. The van der Waals surface area contributed by atoms with Crippen molar-refractivity contribution in [3.05, 3.63) is 0 Å². The molecule has 0 aliphatic carbocycles. The van der Waals surface area contributed by atoms with Crippen LogP contribution in [0.1, 0.15) is 19.8 Å². The van der Waals surface area contributed by atoms with E-state index in [0.717, 1.165) is 18.9 Å². The van der Waals surface area contributed by atoms with Gasteiger partial charge in [-0.1, -0.05) is 19.8 Å². The van der Waals surface area contributed by atoms with E-state index in [-0.39, 0.29) is 35.3 Å². The summed E-state index contributed by atoms with van der Waals surface area (Å²) in [7, 11) is -7.82. The maximum absolute atomic E-state index is 10.6. The van der Waals surface area contributed by atoms with Crippen molar-refractivity contribution in [1.29, 1.82) is 0 Å². The standard InChI is InChI=1S/C10H26O4SSi2.Na/c1-6-7-9-16(2,3)14-17(4,5)10-8-15(11,12)13;/h6-10H2,1-5H3,(H,11,12,13);/q;+1/p-1. The molecular weight excluding hydrogens is 295 g/mol. The molecule has 0 amide bonds. The Morgan fingerprint density at radius 1 is 1.06 bits per heavy atom. The zero-order valence-electron chi connectivity index (χ0n) is 12.6. The first-order chi connectivity index (χ1) is 7.47. The molecule has 0 aliphatic rings. The summed E-state index contributed by atoms with van der Waals surface area (Å²) in [6, 6.07) is 1.51. The second-order valence-corrected chi connectivity index (χ2v) is 16.1. The van der Waals surface area contributed by atoms with E-state index in [1.54, 1.807) is 0 Å². The molecule has 18 heavy (non-hydrogen) atoms. The molecule has 0 saturated carbocycles. The first-order valence-electron chi connectivity index (χ1n) is 6.11. The average Bonchev–Trinajstić information content (AvgIpc) is 2.09. The summed E-state index contributed by atoms with van der Waals surface area (Å²) in [4.78, 5) is 0. The summed E-state index contributed by atoms with van der Waals surface area (Å²) in [5.41, 5.74) is 0. The maximum Gasteiger partial charge on any atom is 1.00 e. The second-order valence-electron chi connectivity index (χ2n) is 5.74. The minimum absolute atomic E-state index is 0. The van der Waals surface area contributed by atoms with Crippen molar-refractivity contribution >= 4 is 26.8 Å². The van der Waals surface area contributed by atoms with Crippen molar-refractivity contribution in [2.45, 2.75) is 58.0 Å². The van der Waals surface area contributed by atoms with Gasteiger partial charge in [-0.05, 0) is 38.3 Å². The fourth-order valence-corrected chi connectivity index (χ4v) is 12.8. The van der Waals surface area contributed by atoms with E-state index in [4.69, 9.17) is 4.12 Å². The van der Waals surface area contributed by atoms with Gasteiger partial charge in [0, 0.05) is 5.75 Å². The molecule has 0 heterocycles. The Morgan fingerprint density at radius 3 is 1.89 bits per heavy atom. The summed E-state index contributed by atoms with van der Waals surface area (Å²) in [5, 5.41) is 0. The summed E-state index contributed by atoms with van der Waals surface area (Å²) in [5.74, 6) is -0.287. The quantitative estimate of drug-likeness (QED) is 0.457. The third kappa shape index (κ3) is 12.3. The van der Waals surface area contributed by atoms with Crippen molar-refractivity contribution in [2.24, 2.45) is 0 Å². The minimum atomic E-state index is -4.11. The fraction of sp³-hybridized carbons (Fsp3) is 1.00. The topological polar surface area (TPSA) is 66.4 Å². The first kappa shape index (κ1) is 21.6. The van der Waals surface area contributed by atoms with Gasteiger partial charge in [0.1, 0.15) is 0 Å². The van der Waals surface area contributed by atoms with Gasteiger partial charge in [-0.2, -0.15) is 0 Å². The predicted molar refractivity (Wildman–Crippen MR) is 75.1 cm³/mol. The van der Waals surface area contributed by atoms with Gasteiger partial charge in [-0.15, -0.1) is 0 Å². The van der Waals surface area contributed by atoms with E-state index < -0.39 is 26.8 Å². The molecule has 0 saturated heterocycles. The second kappa shape index (κ2) is 8.56. The molecule has 0 aliphatic heterocycles. The van der Waals surface area contributed by atoms with Crippen molar-refractivity contribution in [3.8, 4) is 0 Å². The number of hydrogen-bond acceptors (Lipinski definition) is 4. The van der Waals surface area contributed by atoms with Crippen LogP contribution in [0.15, 0.2) is 0 Å². The Balaban J connectivity index is 0. The maximum atomic E-state index is 10.6. The zero-order chi connectivity index (χ0) is 13.7. The molecule has 0 bridgehead atoms. The van der Waals surface area contributed by atoms with E-state index in [2.05, 4.69) is 20.0 Å². The van der Waals surface area contributed by atoms with E-state index in [1.165, 1.54) is 0 Å². The first-order valence-corrected chi connectivity index (χ1v) is 13.9. The van der Waals surface area contributed by atoms with Gasteiger partial charge in [-0.25, -0.2) is 8.42 Å². The molecule has 0 aromatic rings. The molecule has 8 heteroatoms. The Labute approximate surface area is 136 Å². The van der Waals surface area contributed by atoms with Crippen LogP contribution in [-0.4, -0.2) is 35.4 Å². The largest absolute Gasteiger partial charge is 1.00 e. The van der Waals surface area contributed by atoms with Crippen molar-refractivity contribution < 1.29 is 46.6 Å². The van der Waals surface area contributed by atoms with Crippen LogP contribution in [0.5, 0.6) is 0 Å². The van der Waals surface area contributed by atoms with Gasteiger partial charge in [0.05, 0.1) is 10.1 Å². The Hall–Kier alpha value is 1.30. The number of hydrogen-bond donors (Lipinski definition) is 0. The SMILES string of the molecule is CCCC[Si](C)(C)O[Si](C)(C)CCS(=O)(=O)[O-].[Na+]. The van der Waals surface area contributed by atoms with Gasteiger partial charge >= 0.3 is 29.6 Å². The van der Waals surface area contributed by atoms with Gasteiger partial charge in [-0.3, -0.25) is 0 Å². The Bertz CT molecular complexity index is 331. The van der Waals surface area contributed by atoms with Gasteiger partial charge < -0.3 is 8.67 Å². The molecule has 0 unspecified atom stereocenters. The van der Waals surface area contributed by atoms with Gasteiger partial charge in [0.2, 0.25) is 0 Å². The van der Waals surface area contributed by atoms with Crippen LogP contribution >= 0.6 is 0 Å². The molecule has 0 spiro atoms. The molecule has 0 aromatic heterocycles. The van der Waals surface area contributed by atoms with E-state index in [0.29, 0.717) is 6.04 Å². The van der Waals surface area contributed by atoms with Crippen LogP contribution in [-0.2, 0) is 14.2 Å². The van der Waals surface area contributed by atoms with Crippen LogP contribution in [0.3, 0.4) is 0 Å². The Morgan fingerprint density at radius 2 is 1.50 bits per heavy atom. The van der Waals surface area contributed by atoms with E-state index in [9.17, 15) is 13.0 Å². The van der Waals surface area contributed by atoms with Crippen molar-refractivity contribution in [3.63, 3.8) is 0 Å². The molecular formula is C10H25NaO4SSi2. The molecule has 4 nitrogen and oxygen atoms in total. The minimum Gasteiger partial charge on any atom is -0.748 e. The molecule has 0 atom stereocenters. The van der Waals surface area contributed by atoms with Crippen LogP contribution < -0.4 is 29.6 Å². The number of rotatable bonds is 8. The Kier molecular flexibility index (Phi) is 10.3. The number of unbranched alkanes of at least 4 members (excludes halogenated alkanes) is 1.